The first-order chi connectivity index (χ1) is 10.6. The number of rotatable bonds is 3. The van der Waals surface area contributed by atoms with Gasteiger partial charge in [0.2, 0.25) is 5.91 Å². The number of nitrogens with one attached hydrogen (secondary N) is 1. The van der Waals surface area contributed by atoms with Crippen molar-refractivity contribution < 1.29 is 14.4 Å². The minimum absolute atomic E-state index is 0.163. The number of fused-ring (bicyclic) bond motifs is 1. The molecule has 6 heteroatoms. The van der Waals surface area contributed by atoms with Gasteiger partial charge in [-0.1, -0.05) is 12.1 Å². The Bertz CT molecular complexity index is 586. The maximum Gasteiger partial charge on any atom is 0.262 e. The molecule has 22 heavy (non-hydrogen) atoms. The van der Waals surface area contributed by atoms with E-state index < -0.39 is 0 Å². The molecule has 1 N–H and O–H groups in total. The molecule has 2 aliphatic rings. The molecule has 116 valence electrons. The van der Waals surface area contributed by atoms with Crippen molar-refractivity contribution in [3.8, 4) is 0 Å². The van der Waals surface area contributed by atoms with Gasteiger partial charge in [0.15, 0.2) is 0 Å². The minimum Gasteiger partial charge on any atom is -0.341 e. The third-order valence-corrected chi connectivity index (χ3v) is 4.43. The summed E-state index contributed by atoms with van der Waals surface area (Å²) in [6.45, 7) is 1.15. The number of benzene rings is 1. The van der Waals surface area contributed by atoms with Crippen LogP contribution < -0.4 is 5.32 Å². The fourth-order valence-electron chi connectivity index (χ4n) is 3.04. The Morgan fingerprint density at radius 1 is 1.14 bits per heavy atom. The summed E-state index contributed by atoms with van der Waals surface area (Å²) in [5, 5.41) is 3.21. The van der Waals surface area contributed by atoms with Crippen molar-refractivity contribution in [2.45, 2.75) is 18.9 Å². The van der Waals surface area contributed by atoms with Crippen LogP contribution in [0.25, 0.3) is 0 Å². The van der Waals surface area contributed by atoms with Gasteiger partial charge in [0, 0.05) is 19.1 Å². The van der Waals surface area contributed by atoms with E-state index in [0.717, 1.165) is 17.7 Å². The summed E-state index contributed by atoms with van der Waals surface area (Å²) in [7, 11) is 1.92. The second kappa shape index (κ2) is 5.88. The van der Waals surface area contributed by atoms with Gasteiger partial charge in [0.05, 0.1) is 11.1 Å². The summed E-state index contributed by atoms with van der Waals surface area (Å²) in [6.07, 6.45) is 1.79. The molecule has 2 heterocycles. The van der Waals surface area contributed by atoms with Crippen molar-refractivity contribution >= 4 is 17.7 Å². The zero-order chi connectivity index (χ0) is 15.7. The number of hydrogen-bond acceptors (Lipinski definition) is 4. The lowest BCUT2D eigenvalue weighted by Crippen LogP contribution is -2.48. The zero-order valence-corrected chi connectivity index (χ0v) is 12.5. The van der Waals surface area contributed by atoms with Crippen LogP contribution >= 0.6 is 0 Å². The van der Waals surface area contributed by atoms with Gasteiger partial charge in [-0.2, -0.15) is 0 Å². The van der Waals surface area contributed by atoms with E-state index in [-0.39, 0.29) is 24.3 Å². The van der Waals surface area contributed by atoms with Crippen molar-refractivity contribution in [2.75, 3.05) is 26.7 Å². The zero-order valence-electron chi connectivity index (χ0n) is 12.5. The molecule has 1 aromatic rings. The summed E-state index contributed by atoms with van der Waals surface area (Å²) in [5.74, 6) is -0.915. The van der Waals surface area contributed by atoms with Crippen LogP contribution in [0.5, 0.6) is 0 Å². The monoisotopic (exact) mass is 301 g/mol. The maximum absolute atomic E-state index is 12.4. The van der Waals surface area contributed by atoms with Crippen molar-refractivity contribution in [2.24, 2.45) is 0 Å². The van der Waals surface area contributed by atoms with Crippen molar-refractivity contribution in [3.05, 3.63) is 35.4 Å². The molecule has 0 bridgehead atoms. The van der Waals surface area contributed by atoms with Crippen LogP contribution in [-0.2, 0) is 4.79 Å². The van der Waals surface area contributed by atoms with Crippen molar-refractivity contribution in [1.29, 1.82) is 0 Å². The number of likely N-dealkylation sites (tertiary alicyclic amines) is 1. The van der Waals surface area contributed by atoms with E-state index in [1.54, 1.807) is 29.2 Å². The summed E-state index contributed by atoms with van der Waals surface area (Å²) in [6, 6.07) is 7.12. The van der Waals surface area contributed by atoms with Gasteiger partial charge in [0.25, 0.3) is 11.8 Å². The number of hydrogen-bond donors (Lipinski definition) is 1. The van der Waals surface area contributed by atoms with Crippen LogP contribution in [-0.4, -0.2) is 60.2 Å². The van der Waals surface area contributed by atoms with E-state index >= 15 is 0 Å². The van der Waals surface area contributed by atoms with E-state index in [2.05, 4.69) is 5.32 Å². The van der Waals surface area contributed by atoms with Gasteiger partial charge in [-0.15, -0.1) is 0 Å². The Balaban J connectivity index is 1.66. The highest BCUT2D eigenvalue weighted by molar-refractivity contribution is 6.22. The van der Waals surface area contributed by atoms with E-state index in [1.807, 2.05) is 7.05 Å². The van der Waals surface area contributed by atoms with Gasteiger partial charge < -0.3 is 10.2 Å². The summed E-state index contributed by atoms with van der Waals surface area (Å²) in [4.78, 5) is 39.6. The van der Waals surface area contributed by atoms with E-state index in [1.165, 1.54) is 0 Å². The summed E-state index contributed by atoms with van der Waals surface area (Å²) < 4.78 is 0. The largest absolute Gasteiger partial charge is 0.341 e. The maximum atomic E-state index is 12.4. The molecule has 0 saturated carbocycles. The third kappa shape index (κ3) is 2.50. The highest BCUT2D eigenvalue weighted by Crippen LogP contribution is 2.22. The first-order valence-corrected chi connectivity index (χ1v) is 7.52. The van der Waals surface area contributed by atoms with Gasteiger partial charge >= 0.3 is 0 Å². The number of carbonyl (C=O) groups is 3. The Morgan fingerprint density at radius 2 is 1.68 bits per heavy atom. The minimum atomic E-state index is -0.376. The van der Waals surface area contributed by atoms with Crippen LogP contribution in [0.1, 0.15) is 33.6 Å². The second-order valence-corrected chi connectivity index (χ2v) is 5.69. The fraction of sp³-hybridized carbons (Fsp3) is 0.438. The number of amides is 3. The number of nitrogens with zero attached hydrogens (tertiary/aromatic N) is 2. The van der Waals surface area contributed by atoms with Crippen LogP contribution in [0.15, 0.2) is 24.3 Å². The lowest BCUT2D eigenvalue weighted by Gasteiger charge is -2.32. The Hall–Kier alpha value is -2.21. The Labute approximate surface area is 129 Å². The molecule has 0 aliphatic carbocycles. The van der Waals surface area contributed by atoms with Gasteiger partial charge in [-0.25, -0.2) is 0 Å². The molecule has 1 saturated heterocycles. The SMILES string of the molecule is CNC1CCN(C(=O)CN2C(=O)c3ccccc3C2=O)CC1. The first-order valence-electron chi connectivity index (χ1n) is 7.52. The van der Waals surface area contributed by atoms with Gasteiger partial charge in [-0.3, -0.25) is 19.3 Å². The van der Waals surface area contributed by atoms with Crippen LogP contribution in [0.2, 0.25) is 0 Å². The molecule has 3 rings (SSSR count). The average Bonchev–Trinajstić information content (AvgIpc) is 2.80. The number of imide groups is 1. The predicted molar refractivity (Wildman–Crippen MR) is 80.5 cm³/mol. The van der Waals surface area contributed by atoms with Crippen LogP contribution in [0, 0.1) is 0 Å². The van der Waals surface area contributed by atoms with Gasteiger partial charge in [0.1, 0.15) is 6.54 Å². The summed E-state index contributed by atoms with van der Waals surface area (Å²) in [5.41, 5.74) is 0.767. The normalized spacial score (nSPS) is 18.8. The second-order valence-electron chi connectivity index (χ2n) is 5.69. The highest BCUT2D eigenvalue weighted by Gasteiger charge is 2.37. The summed E-state index contributed by atoms with van der Waals surface area (Å²) >= 11 is 0. The molecule has 0 aromatic heterocycles. The molecule has 6 nitrogen and oxygen atoms in total. The quantitative estimate of drug-likeness (QED) is 0.825. The molecule has 1 fully saturated rings. The molecule has 0 atom stereocenters. The molecule has 0 unspecified atom stereocenters. The molecular weight excluding hydrogens is 282 g/mol. The number of carbonyl (C=O) groups excluding carboxylic acids is 3. The standard InChI is InChI=1S/C16H19N3O3/c1-17-11-6-8-18(9-7-11)14(20)10-19-15(21)12-4-2-3-5-13(12)16(19)22/h2-5,11,17H,6-10H2,1H3. The molecule has 0 spiro atoms. The Morgan fingerprint density at radius 3 is 2.18 bits per heavy atom. The topological polar surface area (TPSA) is 69.7 Å². The molecule has 0 radical (unpaired) electrons. The van der Waals surface area contributed by atoms with E-state index in [4.69, 9.17) is 0 Å². The van der Waals surface area contributed by atoms with Crippen LogP contribution in [0.4, 0.5) is 0 Å². The molecule has 3 amide bonds. The lowest BCUT2D eigenvalue weighted by atomic mass is 10.1. The van der Waals surface area contributed by atoms with Crippen molar-refractivity contribution in [1.82, 2.24) is 15.1 Å². The highest BCUT2D eigenvalue weighted by atomic mass is 16.2. The smallest absolute Gasteiger partial charge is 0.262 e. The number of piperidine rings is 1. The van der Waals surface area contributed by atoms with E-state index in [0.29, 0.717) is 30.3 Å². The van der Waals surface area contributed by atoms with Crippen molar-refractivity contribution in [3.63, 3.8) is 0 Å². The predicted octanol–water partition coefficient (Wildman–Crippen LogP) is 0.493. The molecular formula is C16H19N3O3. The molecule has 2 aliphatic heterocycles. The Kier molecular flexibility index (Phi) is 3.94. The fourth-order valence-corrected chi connectivity index (χ4v) is 3.04. The average molecular weight is 301 g/mol. The van der Waals surface area contributed by atoms with Gasteiger partial charge in [-0.05, 0) is 32.0 Å². The van der Waals surface area contributed by atoms with Crippen LogP contribution in [0.3, 0.4) is 0 Å². The van der Waals surface area contributed by atoms with E-state index in [9.17, 15) is 14.4 Å². The third-order valence-electron chi connectivity index (χ3n) is 4.43. The molecule has 1 aromatic carbocycles. The first kappa shape index (κ1) is 14.7. The lowest BCUT2D eigenvalue weighted by molar-refractivity contribution is -0.132.